The van der Waals surface area contributed by atoms with Gasteiger partial charge in [0.25, 0.3) is 0 Å². The van der Waals surface area contributed by atoms with Crippen LogP contribution in [0.25, 0.3) is 0 Å². The number of nitrogens with one attached hydrogen (secondary N) is 1. The molecule has 2 rings (SSSR count). The van der Waals surface area contributed by atoms with Crippen molar-refractivity contribution in [1.29, 1.82) is 0 Å². The molecule has 21 heavy (non-hydrogen) atoms. The van der Waals surface area contributed by atoms with E-state index < -0.39 is 0 Å². The molecule has 0 aliphatic heterocycles. The van der Waals surface area contributed by atoms with Crippen LogP contribution in [-0.2, 0) is 4.79 Å². The zero-order valence-electron chi connectivity index (χ0n) is 12.9. The standard InChI is InChI=1S/C16H26N2O2S/c1-12(2)16(14-7-4-10-21-14)17-15(20)11-18(8-9-19)13-5-3-6-13/h4,7,10,12-13,16,19H,3,5-6,8-9,11H2,1-2H3,(H,17,20). The first-order valence-electron chi connectivity index (χ1n) is 7.79. The number of hydrogen-bond acceptors (Lipinski definition) is 4. The van der Waals surface area contributed by atoms with Crippen LogP contribution < -0.4 is 5.32 Å². The first-order valence-corrected chi connectivity index (χ1v) is 8.67. The number of nitrogens with zero attached hydrogens (tertiary/aromatic N) is 1. The summed E-state index contributed by atoms with van der Waals surface area (Å²) < 4.78 is 0. The lowest BCUT2D eigenvalue weighted by molar-refractivity contribution is -0.124. The molecule has 0 aromatic carbocycles. The SMILES string of the molecule is CC(C)C(NC(=O)CN(CCO)C1CCC1)c1cccs1. The molecule has 2 N–H and O–H groups in total. The van der Waals surface area contributed by atoms with Crippen molar-refractivity contribution in [2.75, 3.05) is 19.7 Å². The smallest absolute Gasteiger partial charge is 0.234 e. The normalized spacial score (nSPS) is 17.0. The van der Waals surface area contributed by atoms with Crippen molar-refractivity contribution < 1.29 is 9.90 Å². The largest absolute Gasteiger partial charge is 0.395 e. The Kier molecular flexibility index (Phi) is 6.21. The van der Waals surface area contributed by atoms with Crippen molar-refractivity contribution in [3.63, 3.8) is 0 Å². The van der Waals surface area contributed by atoms with Gasteiger partial charge in [-0.25, -0.2) is 0 Å². The molecule has 118 valence electrons. The van der Waals surface area contributed by atoms with Crippen LogP contribution in [0.4, 0.5) is 0 Å². The van der Waals surface area contributed by atoms with Gasteiger partial charge < -0.3 is 10.4 Å². The molecule has 1 aliphatic carbocycles. The van der Waals surface area contributed by atoms with Gasteiger partial charge in [-0.3, -0.25) is 9.69 Å². The second-order valence-corrected chi connectivity index (χ2v) is 7.06. The minimum absolute atomic E-state index is 0.0578. The topological polar surface area (TPSA) is 52.6 Å². The van der Waals surface area contributed by atoms with Crippen molar-refractivity contribution in [1.82, 2.24) is 10.2 Å². The summed E-state index contributed by atoms with van der Waals surface area (Å²) in [6.07, 6.45) is 3.52. The molecule has 1 aromatic heterocycles. The van der Waals surface area contributed by atoms with Crippen LogP contribution >= 0.6 is 11.3 Å². The monoisotopic (exact) mass is 310 g/mol. The van der Waals surface area contributed by atoms with Gasteiger partial charge in [0, 0.05) is 17.5 Å². The van der Waals surface area contributed by atoms with Gasteiger partial charge >= 0.3 is 0 Å². The lowest BCUT2D eigenvalue weighted by Crippen LogP contribution is -2.47. The van der Waals surface area contributed by atoms with Gasteiger partial charge in [0.05, 0.1) is 19.2 Å². The third kappa shape index (κ3) is 4.53. The average Bonchev–Trinajstić information content (AvgIpc) is 2.87. The minimum Gasteiger partial charge on any atom is -0.395 e. The maximum absolute atomic E-state index is 12.4. The zero-order valence-corrected chi connectivity index (χ0v) is 13.7. The highest BCUT2D eigenvalue weighted by molar-refractivity contribution is 7.10. The van der Waals surface area contributed by atoms with Gasteiger partial charge in [0.15, 0.2) is 0 Å². The number of aliphatic hydroxyl groups is 1. The Bertz CT molecular complexity index is 429. The van der Waals surface area contributed by atoms with Gasteiger partial charge in [-0.1, -0.05) is 26.3 Å². The number of rotatable bonds is 8. The summed E-state index contributed by atoms with van der Waals surface area (Å²) in [7, 11) is 0. The van der Waals surface area contributed by atoms with Crippen LogP contribution in [0.15, 0.2) is 17.5 Å². The molecule has 1 fully saturated rings. The maximum atomic E-state index is 12.4. The van der Waals surface area contributed by atoms with Crippen molar-refractivity contribution in [3.05, 3.63) is 22.4 Å². The van der Waals surface area contributed by atoms with Crippen LogP contribution in [-0.4, -0.2) is 41.7 Å². The Balaban J connectivity index is 1.91. The van der Waals surface area contributed by atoms with E-state index in [0.29, 0.717) is 25.0 Å². The number of aliphatic hydroxyl groups excluding tert-OH is 1. The van der Waals surface area contributed by atoms with Crippen LogP contribution in [0.2, 0.25) is 0 Å². The molecular formula is C16H26N2O2S. The fourth-order valence-electron chi connectivity index (χ4n) is 2.71. The fraction of sp³-hybridized carbons (Fsp3) is 0.688. The van der Waals surface area contributed by atoms with Gasteiger partial charge in [0.2, 0.25) is 5.91 Å². The Morgan fingerprint density at radius 2 is 2.29 bits per heavy atom. The van der Waals surface area contributed by atoms with E-state index in [1.165, 1.54) is 11.3 Å². The summed E-state index contributed by atoms with van der Waals surface area (Å²) in [5.41, 5.74) is 0. The van der Waals surface area contributed by atoms with Crippen LogP contribution in [0.3, 0.4) is 0 Å². The molecule has 1 aliphatic rings. The molecule has 1 atom stereocenters. The summed E-state index contributed by atoms with van der Waals surface area (Å²) in [5.74, 6) is 0.421. The van der Waals surface area contributed by atoms with Crippen LogP contribution in [0.5, 0.6) is 0 Å². The Labute approximate surface area is 131 Å². The van der Waals surface area contributed by atoms with E-state index in [-0.39, 0.29) is 18.6 Å². The first kappa shape index (κ1) is 16.5. The van der Waals surface area contributed by atoms with E-state index in [2.05, 4.69) is 30.1 Å². The van der Waals surface area contributed by atoms with E-state index >= 15 is 0 Å². The Morgan fingerprint density at radius 1 is 1.52 bits per heavy atom. The molecule has 1 aromatic rings. The van der Waals surface area contributed by atoms with Gasteiger partial charge in [-0.15, -0.1) is 11.3 Å². The van der Waals surface area contributed by atoms with E-state index in [1.807, 2.05) is 11.4 Å². The molecule has 0 spiro atoms. The molecule has 0 radical (unpaired) electrons. The minimum atomic E-state index is 0.0578. The quantitative estimate of drug-likeness (QED) is 0.775. The highest BCUT2D eigenvalue weighted by Crippen LogP contribution is 2.27. The van der Waals surface area contributed by atoms with Crippen LogP contribution in [0, 0.1) is 5.92 Å². The lowest BCUT2D eigenvalue weighted by Gasteiger charge is -2.37. The number of thiophene rings is 1. The van der Waals surface area contributed by atoms with Crippen molar-refractivity contribution in [2.24, 2.45) is 5.92 Å². The Hall–Kier alpha value is -0.910. The molecule has 1 amide bonds. The third-order valence-electron chi connectivity index (χ3n) is 4.16. The average molecular weight is 310 g/mol. The van der Waals surface area contributed by atoms with Crippen molar-refractivity contribution >= 4 is 17.2 Å². The molecular weight excluding hydrogens is 284 g/mol. The molecule has 1 saturated carbocycles. The van der Waals surface area contributed by atoms with E-state index in [9.17, 15) is 4.79 Å². The highest BCUT2D eigenvalue weighted by Gasteiger charge is 2.27. The second kappa shape index (κ2) is 7.92. The summed E-state index contributed by atoms with van der Waals surface area (Å²) >= 11 is 1.68. The van der Waals surface area contributed by atoms with Crippen molar-refractivity contribution in [3.8, 4) is 0 Å². The molecule has 4 nitrogen and oxygen atoms in total. The van der Waals surface area contributed by atoms with E-state index in [4.69, 9.17) is 5.11 Å². The highest BCUT2D eigenvalue weighted by atomic mass is 32.1. The molecule has 0 saturated heterocycles. The number of carbonyl (C=O) groups excluding carboxylic acids is 1. The Morgan fingerprint density at radius 3 is 2.76 bits per heavy atom. The predicted molar refractivity (Wildman–Crippen MR) is 86.3 cm³/mol. The molecule has 1 heterocycles. The molecule has 1 unspecified atom stereocenters. The maximum Gasteiger partial charge on any atom is 0.234 e. The van der Waals surface area contributed by atoms with Gasteiger partial charge in [-0.05, 0) is 30.2 Å². The molecule has 5 heteroatoms. The van der Waals surface area contributed by atoms with Gasteiger partial charge in [-0.2, -0.15) is 0 Å². The van der Waals surface area contributed by atoms with Crippen LogP contribution in [0.1, 0.15) is 44.0 Å². The number of carbonyl (C=O) groups is 1. The third-order valence-corrected chi connectivity index (χ3v) is 5.11. The summed E-state index contributed by atoms with van der Waals surface area (Å²) in [4.78, 5) is 15.7. The lowest BCUT2D eigenvalue weighted by atomic mass is 9.91. The predicted octanol–water partition coefficient (Wildman–Crippen LogP) is 2.41. The van der Waals surface area contributed by atoms with Gasteiger partial charge in [0.1, 0.15) is 0 Å². The second-order valence-electron chi connectivity index (χ2n) is 6.08. The first-order chi connectivity index (χ1) is 10.1. The molecule has 0 bridgehead atoms. The van der Waals surface area contributed by atoms with E-state index in [1.54, 1.807) is 11.3 Å². The fourth-order valence-corrected chi connectivity index (χ4v) is 3.66. The number of amides is 1. The summed E-state index contributed by atoms with van der Waals surface area (Å²) in [6, 6.07) is 4.65. The summed E-state index contributed by atoms with van der Waals surface area (Å²) in [6.45, 7) is 5.34. The van der Waals surface area contributed by atoms with Crippen molar-refractivity contribution in [2.45, 2.75) is 45.2 Å². The summed E-state index contributed by atoms with van der Waals surface area (Å²) in [5, 5.41) is 14.4. The number of hydrogen-bond donors (Lipinski definition) is 2. The zero-order chi connectivity index (χ0) is 15.2. The van der Waals surface area contributed by atoms with E-state index in [0.717, 1.165) is 12.8 Å².